The second-order valence-electron chi connectivity index (χ2n) is 4.68. The Balaban J connectivity index is 1.89. The van der Waals surface area contributed by atoms with Gasteiger partial charge in [-0.05, 0) is 17.7 Å². The van der Waals surface area contributed by atoms with Crippen molar-refractivity contribution in [3.63, 3.8) is 0 Å². The van der Waals surface area contributed by atoms with Crippen molar-refractivity contribution in [3.8, 4) is 11.5 Å². The van der Waals surface area contributed by atoms with Gasteiger partial charge in [-0.2, -0.15) is 0 Å². The third-order valence-electron chi connectivity index (χ3n) is 3.21. The number of benzene rings is 2. The molecule has 1 heterocycles. The molecule has 0 unspecified atom stereocenters. The molecule has 0 bridgehead atoms. The van der Waals surface area contributed by atoms with Crippen LogP contribution in [0.5, 0.6) is 11.5 Å². The van der Waals surface area contributed by atoms with Gasteiger partial charge in [-0.25, -0.2) is 0 Å². The fourth-order valence-corrected chi connectivity index (χ4v) is 2.64. The molecular weight excluding hydrogens is 348 g/mol. The molecule has 3 rings (SSSR count). The van der Waals surface area contributed by atoms with Crippen molar-refractivity contribution in [3.05, 3.63) is 70.6 Å². The quantitative estimate of drug-likeness (QED) is 0.781. The van der Waals surface area contributed by atoms with Gasteiger partial charge in [0.15, 0.2) is 11.5 Å². The van der Waals surface area contributed by atoms with Crippen LogP contribution in [-0.4, -0.2) is 7.11 Å². The minimum Gasteiger partial charge on any atom is -0.493 e. The maximum Gasteiger partial charge on any atom is 0.270 e. The van der Waals surface area contributed by atoms with E-state index in [1.807, 2.05) is 42.5 Å². The van der Waals surface area contributed by atoms with Gasteiger partial charge in [-0.3, -0.25) is 0 Å². The van der Waals surface area contributed by atoms with Crippen molar-refractivity contribution in [2.75, 3.05) is 7.11 Å². The molecule has 0 N–H and O–H groups in total. The maximum atomic E-state index is 5.98. The Labute approximate surface area is 137 Å². The molecule has 5 heteroatoms. The number of rotatable bonds is 5. The summed E-state index contributed by atoms with van der Waals surface area (Å²) in [7, 11) is 1.61. The summed E-state index contributed by atoms with van der Waals surface area (Å²) in [6.45, 7) is 0.436. The predicted molar refractivity (Wildman–Crippen MR) is 85.5 cm³/mol. The molecule has 0 saturated carbocycles. The lowest BCUT2D eigenvalue weighted by molar-refractivity contribution is -0.0268. The van der Waals surface area contributed by atoms with E-state index in [9.17, 15) is 0 Å². The number of hydrogen-bond acceptors (Lipinski definition) is 4. The molecule has 0 spiro atoms. The summed E-state index contributed by atoms with van der Waals surface area (Å²) in [6, 6.07) is 13.7. The third-order valence-corrected chi connectivity index (χ3v) is 3.67. The molecule has 0 atom stereocenters. The van der Waals surface area contributed by atoms with Gasteiger partial charge in [0.25, 0.3) is 6.29 Å². The van der Waals surface area contributed by atoms with Crippen LogP contribution < -0.4 is 9.47 Å². The zero-order chi connectivity index (χ0) is 15.4. The van der Waals surface area contributed by atoms with E-state index < -0.39 is 6.29 Å². The topological polar surface area (TPSA) is 36.9 Å². The Kier molecular flexibility index (Phi) is 4.53. The lowest BCUT2D eigenvalue weighted by Crippen LogP contribution is -2.05. The number of hydrogen-bond donors (Lipinski definition) is 0. The van der Waals surface area contributed by atoms with Crippen molar-refractivity contribution >= 4 is 15.9 Å². The zero-order valence-electron chi connectivity index (χ0n) is 12.0. The van der Waals surface area contributed by atoms with Crippen LogP contribution in [0.25, 0.3) is 0 Å². The first kappa shape index (κ1) is 14.8. The average Bonchev–Trinajstić information content (AvgIpc) is 3.08. The highest BCUT2D eigenvalue weighted by molar-refractivity contribution is 9.10. The number of methoxy groups -OCH3 is 1. The van der Waals surface area contributed by atoms with E-state index in [1.165, 1.54) is 12.5 Å². The first-order valence-corrected chi connectivity index (χ1v) is 7.57. The lowest BCUT2D eigenvalue weighted by atomic mass is 10.1. The molecular formula is C17H15BrO4. The first-order chi connectivity index (χ1) is 10.8. The van der Waals surface area contributed by atoms with E-state index >= 15 is 0 Å². The van der Waals surface area contributed by atoms with E-state index in [0.717, 1.165) is 15.6 Å². The molecule has 1 aliphatic rings. The first-order valence-electron chi connectivity index (χ1n) is 6.78. The lowest BCUT2D eigenvalue weighted by Gasteiger charge is -2.19. The minimum absolute atomic E-state index is 0.436. The molecule has 114 valence electrons. The Morgan fingerprint density at radius 1 is 1.09 bits per heavy atom. The zero-order valence-corrected chi connectivity index (χ0v) is 13.6. The van der Waals surface area contributed by atoms with Gasteiger partial charge in [0, 0.05) is 4.47 Å². The van der Waals surface area contributed by atoms with Crippen LogP contribution in [0.4, 0.5) is 0 Å². The summed E-state index contributed by atoms with van der Waals surface area (Å²) in [5, 5.41) is 0. The van der Waals surface area contributed by atoms with Gasteiger partial charge < -0.3 is 18.9 Å². The number of halogens is 1. The van der Waals surface area contributed by atoms with Crippen molar-refractivity contribution in [1.82, 2.24) is 0 Å². The second kappa shape index (κ2) is 6.75. The maximum absolute atomic E-state index is 5.98. The summed E-state index contributed by atoms with van der Waals surface area (Å²) in [5.74, 6) is 1.24. The summed E-state index contributed by atoms with van der Waals surface area (Å²) < 4.78 is 23.1. The van der Waals surface area contributed by atoms with Gasteiger partial charge >= 0.3 is 0 Å². The van der Waals surface area contributed by atoms with Crippen LogP contribution in [-0.2, 0) is 16.1 Å². The number of ether oxygens (including phenoxy) is 4. The third kappa shape index (κ3) is 3.20. The van der Waals surface area contributed by atoms with E-state index in [2.05, 4.69) is 15.9 Å². The van der Waals surface area contributed by atoms with Gasteiger partial charge in [0.1, 0.15) is 19.1 Å². The van der Waals surface area contributed by atoms with Crippen LogP contribution >= 0.6 is 15.9 Å². The molecule has 0 aromatic heterocycles. The smallest absolute Gasteiger partial charge is 0.270 e. The highest BCUT2D eigenvalue weighted by atomic mass is 79.9. The fourth-order valence-electron chi connectivity index (χ4n) is 2.19. The SMILES string of the molecule is COc1cc(Br)cc(C2OC=CO2)c1OCc1ccccc1. The van der Waals surface area contributed by atoms with Gasteiger partial charge in [-0.1, -0.05) is 46.3 Å². The predicted octanol–water partition coefficient (Wildman–Crippen LogP) is 4.55. The molecule has 0 radical (unpaired) electrons. The highest BCUT2D eigenvalue weighted by Gasteiger charge is 2.24. The van der Waals surface area contributed by atoms with E-state index in [0.29, 0.717) is 18.1 Å². The summed E-state index contributed by atoms with van der Waals surface area (Å²) in [6.07, 6.45) is 2.50. The van der Waals surface area contributed by atoms with Crippen LogP contribution in [0.2, 0.25) is 0 Å². The van der Waals surface area contributed by atoms with Crippen molar-refractivity contribution in [2.24, 2.45) is 0 Å². The molecule has 22 heavy (non-hydrogen) atoms. The summed E-state index contributed by atoms with van der Waals surface area (Å²) in [4.78, 5) is 0. The van der Waals surface area contributed by atoms with Crippen LogP contribution in [0.1, 0.15) is 17.4 Å². The minimum atomic E-state index is -0.530. The Morgan fingerprint density at radius 3 is 2.50 bits per heavy atom. The molecule has 0 aliphatic carbocycles. The molecule has 2 aromatic rings. The normalized spacial score (nSPS) is 13.5. The van der Waals surface area contributed by atoms with Gasteiger partial charge in [-0.15, -0.1) is 0 Å². The molecule has 2 aromatic carbocycles. The van der Waals surface area contributed by atoms with E-state index in [4.69, 9.17) is 18.9 Å². The van der Waals surface area contributed by atoms with Gasteiger partial charge in [0.05, 0.1) is 12.7 Å². The molecule has 0 fully saturated rings. The molecule has 0 amide bonds. The summed E-state index contributed by atoms with van der Waals surface area (Å²) in [5.41, 5.74) is 1.84. The standard InChI is InChI=1S/C17H15BrO4/c1-19-15-10-13(18)9-14(17-20-7-8-21-17)16(15)22-11-12-5-3-2-4-6-12/h2-10,17H,11H2,1H3. The Bertz CT molecular complexity index is 662. The molecule has 4 nitrogen and oxygen atoms in total. The van der Waals surface area contributed by atoms with Gasteiger partial charge in [0.2, 0.25) is 0 Å². The average molecular weight is 363 g/mol. The van der Waals surface area contributed by atoms with E-state index in [1.54, 1.807) is 7.11 Å². The van der Waals surface area contributed by atoms with E-state index in [-0.39, 0.29) is 0 Å². The second-order valence-corrected chi connectivity index (χ2v) is 5.59. The van der Waals surface area contributed by atoms with Crippen LogP contribution in [0.15, 0.2) is 59.5 Å². The van der Waals surface area contributed by atoms with Crippen molar-refractivity contribution in [1.29, 1.82) is 0 Å². The Morgan fingerprint density at radius 2 is 1.82 bits per heavy atom. The monoisotopic (exact) mass is 362 g/mol. The molecule has 1 aliphatic heterocycles. The fraction of sp³-hybridized carbons (Fsp3) is 0.176. The van der Waals surface area contributed by atoms with Crippen LogP contribution in [0.3, 0.4) is 0 Å². The summed E-state index contributed by atoms with van der Waals surface area (Å²) >= 11 is 3.46. The van der Waals surface area contributed by atoms with Crippen molar-refractivity contribution < 1.29 is 18.9 Å². The molecule has 0 saturated heterocycles. The highest BCUT2D eigenvalue weighted by Crippen LogP contribution is 2.41. The Hall–Kier alpha value is -2.14. The van der Waals surface area contributed by atoms with Crippen molar-refractivity contribution in [2.45, 2.75) is 12.9 Å². The largest absolute Gasteiger partial charge is 0.493 e. The van der Waals surface area contributed by atoms with Crippen LogP contribution in [0, 0.1) is 0 Å².